The van der Waals surface area contributed by atoms with Gasteiger partial charge in [0.05, 0.1) is 5.38 Å². The quantitative estimate of drug-likeness (QED) is 0.597. The van der Waals surface area contributed by atoms with Gasteiger partial charge < -0.3 is 4.42 Å². The predicted octanol–water partition coefficient (Wildman–Crippen LogP) is 2.98. The summed E-state index contributed by atoms with van der Waals surface area (Å²) in [7, 11) is -1.34. The molecule has 2 rings (SSSR count). The zero-order valence-electron chi connectivity index (χ0n) is 8.47. The van der Waals surface area contributed by atoms with E-state index >= 15 is 0 Å². The summed E-state index contributed by atoms with van der Waals surface area (Å²) >= 11 is 2.25. The topological polar surface area (TPSA) is 26.0 Å². The van der Waals surface area contributed by atoms with E-state index < -0.39 is 8.07 Å². The average Bonchev–Trinajstić information content (AvgIpc) is 2.45. The van der Waals surface area contributed by atoms with Crippen molar-refractivity contribution in [1.82, 2.24) is 4.98 Å². The van der Waals surface area contributed by atoms with Gasteiger partial charge in [0.25, 0.3) is 0 Å². The number of rotatable bonds is 1. The van der Waals surface area contributed by atoms with Gasteiger partial charge in [-0.05, 0) is 28.7 Å². The Morgan fingerprint density at radius 2 is 2.00 bits per heavy atom. The van der Waals surface area contributed by atoms with Crippen LogP contribution in [0.3, 0.4) is 0 Å². The molecular formula is C10H12INOSi. The molecule has 0 N–H and O–H groups in total. The van der Waals surface area contributed by atoms with Crippen molar-refractivity contribution < 1.29 is 4.42 Å². The lowest BCUT2D eigenvalue weighted by Crippen LogP contribution is -2.36. The third-order valence-corrected chi connectivity index (χ3v) is 4.39. The third kappa shape index (κ3) is 1.86. The molecule has 2 aromatic rings. The molecule has 14 heavy (non-hydrogen) atoms. The Morgan fingerprint density at radius 1 is 1.29 bits per heavy atom. The van der Waals surface area contributed by atoms with Crippen molar-refractivity contribution in [3.05, 3.63) is 21.9 Å². The highest BCUT2D eigenvalue weighted by Crippen LogP contribution is 2.16. The zero-order chi connectivity index (χ0) is 10.3. The third-order valence-electron chi connectivity index (χ3n) is 2.08. The standard InChI is InChI=1S/C10H12INOSi/c1-14(2,3)10-5-8-9(13-10)4-7(11)6-12-8/h4-6H,1-3H3. The molecule has 2 aromatic heterocycles. The highest BCUT2D eigenvalue weighted by molar-refractivity contribution is 14.1. The van der Waals surface area contributed by atoms with Crippen molar-refractivity contribution in [2.45, 2.75) is 19.6 Å². The number of hydrogen-bond acceptors (Lipinski definition) is 2. The molecule has 0 aromatic carbocycles. The van der Waals surface area contributed by atoms with E-state index in [0.29, 0.717) is 0 Å². The number of aromatic nitrogens is 1. The number of halogens is 1. The summed E-state index contributed by atoms with van der Waals surface area (Å²) in [6, 6.07) is 4.12. The maximum absolute atomic E-state index is 5.81. The van der Waals surface area contributed by atoms with E-state index in [0.717, 1.165) is 20.1 Å². The summed E-state index contributed by atoms with van der Waals surface area (Å²) in [6.45, 7) is 6.82. The second-order valence-electron chi connectivity index (χ2n) is 4.40. The molecule has 0 aliphatic rings. The van der Waals surface area contributed by atoms with Gasteiger partial charge in [0.1, 0.15) is 13.6 Å². The number of fused-ring (bicyclic) bond motifs is 1. The van der Waals surface area contributed by atoms with E-state index in [1.54, 1.807) is 0 Å². The van der Waals surface area contributed by atoms with Gasteiger partial charge >= 0.3 is 0 Å². The van der Waals surface area contributed by atoms with Gasteiger partial charge in [-0.1, -0.05) is 19.6 Å². The normalized spacial score (nSPS) is 12.3. The monoisotopic (exact) mass is 317 g/mol. The number of hydrogen-bond donors (Lipinski definition) is 0. The molecule has 0 aliphatic heterocycles. The van der Waals surface area contributed by atoms with E-state index in [-0.39, 0.29) is 0 Å². The van der Waals surface area contributed by atoms with Crippen molar-refractivity contribution in [3.63, 3.8) is 0 Å². The lowest BCUT2D eigenvalue weighted by Gasteiger charge is -2.10. The van der Waals surface area contributed by atoms with Gasteiger partial charge in [0, 0.05) is 15.8 Å². The molecule has 0 spiro atoms. The summed E-state index contributed by atoms with van der Waals surface area (Å²) in [6.07, 6.45) is 1.87. The summed E-state index contributed by atoms with van der Waals surface area (Å²) in [5, 5.41) is 1.13. The van der Waals surface area contributed by atoms with Gasteiger partial charge in [-0.3, -0.25) is 4.98 Å². The van der Waals surface area contributed by atoms with Crippen molar-refractivity contribution in [1.29, 1.82) is 0 Å². The van der Waals surface area contributed by atoms with Crippen LogP contribution in [0, 0.1) is 3.57 Å². The van der Waals surface area contributed by atoms with E-state index in [9.17, 15) is 0 Å². The predicted molar refractivity (Wildman–Crippen MR) is 69.7 cm³/mol. The Hall–Kier alpha value is -0.363. The van der Waals surface area contributed by atoms with Crippen LogP contribution in [-0.2, 0) is 0 Å². The largest absolute Gasteiger partial charge is 0.464 e. The molecule has 4 heteroatoms. The fourth-order valence-electron chi connectivity index (χ4n) is 1.26. The molecule has 0 aliphatic carbocycles. The molecule has 0 fully saturated rings. The Balaban J connectivity index is 2.63. The molecule has 74 valence electrons. The molecule has 0 unspecified atom stereocenters. The first-order chi connectivity index (χ1) is 6.47. The second kappa shape index (κ2) is 3.34. The van der Waals surface area contributed by atoms with Crippen molar-refractivity contribution >= 4 is 47.1 Å². The van der Waals surface area contributed by atoms with Crippen molar-refractivity contribution in [2.75, 3.05) is 0 Å². The van der Waals surface area contributed by atoms with E-state index in [4.69, 9.17) is 4.42 Å². The molecule has 0 atom stereocenters. The second-order valence-corrected chi connectivity index (χ2v) is 10.6. The lowest BCUT2D eigenvalue weighted by atomic mass is 10.4. The molecule has 2 nitrogen and oxygen atoms in total. The molecule has 0 bridgehead atoms. The Kier molecular flexibility index (Phi) is 2.42. The zero-order valence-corrected chi connectivity index (χ0v) is 11.6. The highest BCUT2D eigenvalue weighted by atomic mass is 127. The Bertz CT molecular complexity index is 472. The molecule has 0 amide bonds. The van der Waals surface area contributed by atoms with Crippen LogP contribution in [0.4, 0.5) is 0 Å². The van der Waals surface area contributed by atoms with E-state index in [1.165, 1.54) is 0 Å². The highest BCUT2D eigenvalue weighted by Gasteiger charge is 2.21. The SMILES string of the molecule is C[Si](C)(C)c1cc2ncc(I)cc2o1. The minimum Gasteiger partial charge on any atom is -0.464 e. The van der Waals surface area contributed by atoms with Crippen LogP contribution in [0.5, 0.6) is 0 Å². The van der Waals surface area contributed by atoms with Crippen LogP contribution in [0.1, 0.15) is 0 Å². The van der Waals surface area contributed by atoms with Crippen LogP contribution in [0.2, 0.25) is 19.6 Å². The number of furan rings is 1. The minimum atomic E-state index is -1.34. The van der Waals surface area contributed by atoms with Crippen LogP contribution in [0.25, 0.3) is 11.1 Å². The fourth-order valence-corrected chi connectivity index (χ4v) is 2.67. The Morgan fingerprint density at radius 3 is 2.64 bits per heavy atom. The first-order valence-corrected chi connectivity index (χ1v) is 9.10. The van der Waals surface area contributed by atoms with Gasteiger partial charge in [0.15, 0.2) is 5.58 Å². The van der Waals surface area contributed by atoms with Gasteiger partial charge in [0.2, 0.25) is 0 Å². The van der Waals surface area contributed by atoms with Gasteiger partial charge in [-0.25, -0.2) is 0 Å². The molecule has 0 saturated heterocycles. The van der Waals surface area contributed by atoms with Crippen LogP contribution in [0.15, 0.2) is 22.7 Å². The molecule has 0 radical (unpaired) electrons. The summed E-state index contributed by atoms with van der Waals surface area (Å²) in [5.74, 6) is 0. The maximum Gasteiger partial charge on any atom is 0.153 e. The lowest BCUT2D eigenvalue weighted by molar-refractivity contribution is 0.647. The summed E-state index contributed by atoms with van der Waals surface area (Å²) in [5.41, 5.74) is 1.89. The van der Waals surface area contributed by atoms with Crippen molar-refractivity contribution in [2.24, 2.45) is 0 Å². The minimum absolute atomic E-state index is 0.911. The number of pyridine rings is 1. The molecular weight excluding hydrogens is 305 g/mol. The van der Waals surface area contributed by atoms with Crippen molar-refractivity contribution in [3.8, 4) is 0 Å². The van der Waals surface area contributed by atoms with Crippen LogP contribution in [-0.4, -0.2) is 13.1 Å². The average molecular weight is 317 g/mol. The van der Waals surface area contributed by atoms with Crippen LogP contribution >= 0.6 is 22.6 Å². The number of nitrogens with zero attached hydrogens (tertiary/aromatic N) is 1. The summed E-state index contributed by atoms with van der Waals surface area (Å²) < 4.78 is 6.92. The smallest absolute Gasteiger partial charge is 0.153 e. The first-order valence-electron chi connectivity index (χ1n) is 4.52. The van der Waals surface area contributed by atoms with Crippen LogP contribution < -0.4 is 5.38 Å². The van der Waals surface area contributed by atoms with E-state index in [2.05, 4.69) is 53.3 Å². The maximum atomic E-state index is 5.81. The molecule has 0 saturated carbocycles. The van der Waals surface area contributed by atoms with Gasteiger partial charge in [-0.2, -0.15) is 0 Å². The Labute approximate surface area is 97.9 Å². The molecule has 2 heterocycles. The van der Waals surface area contributed by atoms with Gasteiger partial charge in [-0.15, -0.1) is 0 Å². The fraction of sp³-hybridized carbons (Fsp3) is 0.300. The first kappa shape index (κ1) is 10.2. The summed E-state index contributed by atoms with van der Waals surface area (Å²) in [4.78, 5) is 4.34. The van der Waals surface area contributed by atoms with E-state index in [1.807, 2.05) is 12.3 Å².